The molecule has 3 nitrogen and oxygen atoms in total. The van der Waals surface area contributed by atoms with E-state index < -0.39 is 0 Å². The van der Waals surface area contributed by atoms with Crippen molar-refractivity contribution in [3.63, 3.8) is 0 Å². The summed E-state index contributed by atoms with van der Waals surface area (Å²) in [4.78, 5) is 7.89. The van der Waals surface area contributed by atoms with Crippen LogP contribution < -0.4 is 5.73 Å². The van der Waals surface area contributed by atoms with Crippen LogP contribution in [0.3, 0.4) is 0 Å². The topological polar surface area (TPSA) is 54.7 Å². The second-order valence-corrected chi connectivity index (χ2v) is 5.19. The fraction of sp³-hybridized carbons (Fsp3) is 0.462. The molecule has 0 fully saturated rings. The minimum Gasteiger partial charge on any atom is -0.342 e. The zero-order chi connectivity index (χ0) is 11.8. The van der Waals surface area contributed by atoms with Gasteiger partial charge in [0.05, 0.1) is 11.0 Å². The number of nitrogens with two attached hydrogens (primary N) is 1. The van der Waals surface area contributed by atoms with E-state index >= 15 is 0 Å². The van der Waals surface area contributed by atoms with Crippen molar-refractivity contribution in [3.05, 3.63) is 29.6 Å². The number of hydrogen-bond acceptors (Lipinski definition) is 2. The summed E-state index contributed by atoms with van der Waals surface area (Å²) < 4.78 is 0. The molecule has 16 heavy (non-hydrogen) atoms. The van der Waals surface area contributed by atoms with Crippen molar-refractivity contribution < 1.29 is 0 Å². The van der Waals surface area contributed by atoms with Crippen molar-refractivity contribution in [2.24, 2.45) is 5.73 Å². The van der Waals surface area contributed by atoms with E-state index in [0.29, 0.717) is 0 Å². The number of benzene rings is 1. The summed E-state index contributed by atoms with van der Waals surface area (Å²) in [5, 5.41) is 0. The van der Waals surface area contributed by atoms with Gasteiger partial charge in [-0.05, 0) is 44.9 Å². The van der Waals surface area contributed by atoms with Gasteiger partial charge in [-0.15, -0.1) is 0 Å². The molecule has 0 atom stereocenters. The van der Waals surface area contributed by atoms with Crippen LogP contribution in [0, 0.1) is 6.92 Å². The van der Waals surface area contributed by atoms with Gasteiger partial charge < -0.3 is 10.7 Å². The maximum Gasteiger partial charge on any atom is 0.107 e. The first kappa shape index (κ1) is 11.1. The highest BCUT2D eigenvalue weighted by Crippen LogP contribution is 2.15. The molecule has 1 aromatic carbocycles. The number of aromatic amines is 1. The second kappa shape index (κ2) is 3.91. The molecule has 3 heteroatoms. The van der Waals surface area contributed by atoms with E-state index in [1.807, 2.05) is 13.8 Å². The lowest BCUT2D eigenvalue weighted by atomic mass is 10.0. The first-order valence-corrected chi connectivity index (χ1v) is 5.68. The first-order valence-electron chi connectivity index (χ1n) is 5.68. The second-order valence-electron chi connectivity index (χ2n) is 5.19. The maximum atomic E-state index is 5.96. The Morgan fingerprint density at radius 2 is 2.12 bits per heavy atom. The Balaban J connectivity index is 2.20. The number of H-pyrrole nitrogens is 1. The van der Waals surface area contributed by atoms with Gasteiger partial charge >= 0.3 is 0 Å². The van der Waals surface area contributed by atoms with Crippen molar-refractivity contribution >= 4 is 11.0 Å². The summed E-state index contributed by atoms with van der Waals surface area (Å²) >= 11 is 0. The molecule has 0 aliphatic rings. The Hall–Kier alpha value is -1.35. The number of hydrogen-bond donors (Lipinski definition) is 2. The van der Waals surface area contributed by atoms with Crippen LogP contribution in [0.15, 0.2) is 18.2 Å². The Morgan fingerprint density at radius 1 is 1.38 bits per heavy atom. The minimum atomic E-state index is -0.130. The van der Waals surface area contributed by atoms with Crippen LogP contribution in [0.25, 0.3) is 11.0 Å². The molecule has 2 rings (SSSR count). The van der Waals surface area contributed by atoms with Crippen LogP contribution in [-0.4, -0.2) is 15.5 Å². The molecule has 3 N–H and O–H groups in total. The normalized spacial score (nSPS) is 12.2. The van der Waals surface area contributed by atoms with Gasteiger partial charge in [0.25, 0.3) is 0 Å². The molecule has 0 amide bonds. The summed E-state index contributed by atoms with van der Waals surface area (Å²) in [5.74, 6) is 1.03. The molecule has 0 aliphatic heterocycles. The molecule has 2 aromatic rings. The van der Waals surface area contributed by atoms with E-state index in [1.165, 1.54) is 5.56 Å². The molecule has 0 radical (unpaired) electrons. The molecular formula is C13H19N3. The van der Waals surface area contributed by atoms with E-state index in [1.54, 1.807) is 0 Å². The number of nitrogens with one attached hydrogen (secondary N) is 1. The SMILES string of the molecule is Cc1ccc2nc(CCC(C)(C)N)[nH]c2c1. The predicted octanol–water partition coefficient (Wildman–Crippen LogP) is 2.54. The summed E-state index contributed by atoms with van der Waals surface area (Å²) in [6.07, 6.45) is 1.84. The van der Waals surface area contributed by atoms with Gasteiger partial charge in [-0.1, -0.05) is 6.07 Å². The average molecular weight is 217 g/mol. The largest absolute Gasteiger partial charge is 0.342 e. The predicted molar refractivity (Wildman–Crippen MR) is 67.4 cm³/mol. The third kappa shape index (κ3) is 2.61. The molecule has 0 unspecified atom stereocenters. The standard InChI is InChI=1S/C13H19N3/c1-9-4-5-10-11(8-9)16-12(15-10)6-7-13(2,3)14/h4-5,8H,6-7,14H2,1-3H3,(H,15,16). The van der Waals surface area contributed by atoms with Gasteiger partial charge in [0.1, 0.15) is 5.82 Å². The number of aromatic nitrogens is 2. The minimum absolute atomic E-state index is 0.130. The maximum absolute atomic E-state index is 5.96. The Bertz CT molecular complexity index is 491. The third-order valence-electron chi connectivity index (χ3n) is 2.69. The van der Waals surface area contributed by atoms with Crippen molar-refractivity contribution in [1.29, 1.82) is 0 Å². The monoisotopic (exact) mass is 217 g/mol. The highest BCUT2D eigenvalue weighted by atomic mass is 14.9. The molecule has 0 aliphatic carbocycles. The van der Waals surface area contributed by atoms with Crippen molar-refractivity contribution in [1.82, 2.24) is 9.97 Å². The van der Waals surface area contributed by atoms with Crippen LogP contribution >= 0.6 is 0 Å². The Kier molecular flexibility index (Phi) is 2.72. The van der Waals surface area contributed by atoms with Gasteiger partial charge in [-0.2, -0.15) is 0 Å². The Labute approximate surface area is 96.1 Å². The lowest BCUT2D eigenvalue weighted by Gasteiger charge is -2.16. The van der Waals surface area contributed by atoms with Crippen LogP contribution in [0.5, 0.6) is 0 Å². The average Bonchev–Trinajstić information content (AvgIpc) is 2.55. The van der Waals surface area contributed by atoms with E-state index in [-0.39, 0.29) is 5.54 Å². The van der Waals surface area contributed by atoms with Crippen molar-refractivity contribution in [2.45, 2.75) is 39.2 Å². The molecule has 0 saturated carbocycles. The zero-order valence-corrected chi connectivity index (χ0v) is 10.2. The van der Waals surface area contributed by atoms with E-state index in [9.17, 15) is 0 Å². The zero-order valence-electron chi connectivity index (χ0n) is 10.2. The highest BCUT2D eigenvalue weighted by Gasteiger charge is 2.12. The number of imidazole rings is 1. The smallest absolute Gasteiger partial charge is 0.107 e. The van der Waals surface area contributed by atoms with Gasteiger partial charge in [0.2, 0.25) is 0 Å². The summed E-state index contributed by atoms with van der Waals surface area (Å²) in [6, 6.07) is 6.26. The number of aryl methyl sites for hydroxylation is 2. The molecule has 0 spiro atoms. The molecule has 1 aromatic heterocycles. The fourth-order valence-corrected chi connectivity index (χ4v) is 1.74. The Morgan fingerprint density at radius 3 is 2.81 bits per heavy atom. The summed E-state index contributed by atoms with van der Waals surface area (Å²) in [5.41, 5.74) is 9.23. The lowest BCUT2D eigenvalue weighted by molar-refractivity contribution is 0.472. The van der Waals surface area contributed by atoms with E-state index in [4.69, 9.17) is 5.73 Å². The molecule has 1 heterocycles. The molecule has 0 bridgehead atoms. The van der Waals surface area contributed by atoms with Crippen LogP contribution in [0.1, 0.15) is 31.7 Å². The first-order chi connectivity index (χ1) is 7.44. The number of rotatable bonds is 3. The van der Waals surface area contributed by atoms with Gasteiger partial charge in [0.15, 0.2) is 0 Å². The van der Waals surface area contributed by atoms with Gasteiger partial charge in [0, 0.05) is 12.0 Å². The third-order valence-corrected chi connectivity index (χ3v) is 2.69. The van der Waals surface area contributed by atoms with E-state index in [2.05, 4.69) is 35.1 Å². The quantitative estimate of drug-likeness (QED) is 0.830. The fourth-order valence-electron chi connectivity index (χ4n) is 1.74. The molecular weight excluding hydrogens is 198 g/mol. The number of fused-ring (bicyclic) bond motifs is 1. The lowest BCUT2D eigenvalue weighted by Crippen LogP contribution is -2.32. The van der Waals surface area contributed by atoms with Crippen molar-refractivity contribution in [2.75, 3.05) is 0 Å². The molecule has 86 valence electrons. The van der Waals surface area contributed by atoms with Crippen LogP contribution in [0.4, 0.5) is 0 Å². The van der Waals surface area contributed by atoms with E-state index in [0.717, 1.165) is 29.7 Å². The van der Waals surface area contributed by atoms with Gasteiger partial charge in [-0.3, -0.25) is 0 Å². The molecule has 0 saturated heterocycles. The highest BCUT2D eigenvalue weighted by molar-refractivity contribution is 5.75. The van der Waals surface area contributed by atoms with Crippen LogP contribution in [0.2, 0.25) is 0 Å². The van der Waals surface area contributed by atoms with Crippen molar-refractivity contribution in [3.8, 4) is 0 Å². The van der Waals surface area contributed by atoms with Gasteiger partial charge in [-0.25, -0.2) is 4.98 Å². The summed E-state index contributed by atoms with van der Waals surface area (Å²) in [6.45, 7) is 6.17. The van der Waals surface area contributed by atoms with Crippen LogP contribution in [-0.2, 0) is 6.42 Å². The number of nitrogens with zero attached hydrogens (tertiary/aromatic N) is 1. The summed E-state index contributed by atoms with van der Waals surface area (Å²) in [7, 11) is 0.